The Morgan fingerprint density at radius 2 is 1.92 bits per heavy atom. The molecule has 0 heterocycles. The van der Waals surface area contributed by atoms with Crippen LogP contribution in [-0.2, 0) is 11.3 Å². The molecule has 0 saturated carbocycles. The van der Waals surface area contributed by atoms with Crippen molar-refractivity contribution >= 4 is 5.91 Å². The van der Waals surface area contributed by atoms with Crippen molar-refractivity contribution in [3.63, 3.8) is 0 Å². The number of rotatable bonds is 8. The van der Waals surface area contributed by atoms with Gasteiger partial charge in [0.05, 0.1) is 6.61 Å². The summed E-state index contributed by atoms with van der Waals surface area (Å²) in [7, 11) is 0. The highest BCUT2D eigenvalue weighted by Gasteiger charge is 2.18. The molecule has 0 spiro atoms. The first-order chi connectivity index (χ1) is 11.6. The predicted octanol–water partition coefficient (Wildman–Crippen LogP) is 3.87. The molecule has 128 valence electrons. The van der Waals surface area contributed by atoms with E-state index in [0.29, 0.717) is 25.3 Å². The van der Waals surface area contributed by atoms with Crippen LogP contribution in [0.1, 0.15) is 31.4 Å². The van der Waals surface area contributed by atoms with Gasteiger partial charge in [-0.2, -0.15) is 0 Å². The van der Waals surface area contributed by atoms with Crippen molar-refractivity contribution in [2.75, 3.05) is 6.61 Å². The summed E-state index contributed by atoms with van der Waals surface area (Å²) in [6.07, 6.45) is 0.0958. The maximum absolute atomic E-state index is 12.4. The van der Waals surface area contributed by atoms with Gasteiger partial charge in [0.2, 0.25) is 0 Å². The Morgan fingerprint density at radius 3 is 2.62 bits per heavy atom. The molecule has 4 nitrogen and oxygen atoms in total. The van der Waals surface area contributed by atoms with E-state index in [9.17, 15) is 4.79 Å². The lowest BCUT2D eigenvalue weighted by atomic mass is 10.2. The lowest BCUT2D eigenvalue weighted by molar-refractivity contribution is -0.128. The van der Waals surface area contributed by atoms with Crippen molar-refractivity contribution in [1.29, 1.82) is 0 Å². The number of aryl methyl sites for hydroxylation is 1. The first-order valence-corrected chi connectivity index (χ1v) is 8.35. The number of amides is 1. The van der Waals surface area contributed by atoms with Crippen molar-refractivity contribution in [3.05, 3.63) is 59.7 Å². The summed E-state index contributed by atoms with van der Waals surface area (Å²) in [5, 5.41) is 2.94. The SMILES string of the molecule is CCOc1ccccc1CNC(=O)C(CC)Oc1cccc(C)c1. The van der Waals surface area contributed by atoms with Crippen LogP contribution in [0.4, 0.5) is 0 Å². The van der Waals surface area contributed by atoms with Crippen LogP contribution in [0.5, 0.6) is 11.5 Å². The van der Waals surface area contributed by atoms with Crippen LogP contribution in [-0.4, -0.2) is 18.6 Å². The normalized spacial score (nSPS) is 11.6. The van der Waals surface area contributed by atoms with E-state index in [1.807, 2.05) is 69.3 Å². The third kappa shape index (κ3) is 5.01. The molecule has 0 aliphatic heterocycles. The zero-order valence-electron chi connectivity index (χ0n) is 14.5. The topological polar surface area (TPSA) is 47.6 Å². The van der Waals surface area contributed by atoms with Gasteiger partial charge < -0.3 is 14.8 Å². The maximum atomic E-state index is 12.4. The van der Waals surface area contributed by atoms with Crippen LogP contribution >= 0.6 is 0 Å². The highest BCUT2D eigenvalue weighted by Crippen LogP contribution is 2.18. The third-order valence-corrected chi connectivity index (χ3v) is 3.66. The van der Waals surface area contributed by atoms with Gasteiger partial charge in [-0.25, -0.2) is 0 Å². The molecule has 2 aromatic carbocycles. The summed E-state index contributed by atoms with van der Waals surface area (Å²) in [5.74, 6) is 1.39. The van der Waals surface area contributed by atoms with E-state index in [1.165, 1.54) is 0 Å². The fourth-order valence-corrected chi connectivity index (χ4v) is 2.42. The minimum Gasteiger partial charge on any atom is -0.494 e. The number of carbonyl (C=O) groups excluding carboxylic acids is 1. The monoisotopic (exact) mass is 327 g/mol. The molecular formula is C20H25NO3. The Balaban J connectivity index is 1.97. The number of nitrogens with one attached hydrogen (secondary N) is 1. The lowest BCUT2D eigenvalue weighted by Crippen LogP contribution is -2.37. The Hall–Kier alpha value is -2.49. The van der Waals surface area contributed by atoms with Gasteiger partial charge in [-0.3, -0.25) is 4.79 Å². The Labute approximate surface area is 143 Å². The number of benzene rings is 2. The molecule has 1 atom stereocenters. The molecule has 2 rings (SSSR count). The van der Waals surface area contributed by atoms with Gasteiger partial charge in [-0.15, -0.1) is 0 Å². The Morgan fingerprint density at radius 1 is 1.12 bits per heavy atom. The van der Waals surface area contributed by atoms with Gasteiger partial charge in [0, 0.05) is 12.1 Å². The van der Waals surface area contributed by atoms with E-state index >= 15 is 0 Å². The van der Waals surface area contributed by atoms with Crippen LogP contribution in [0.15, 0.2) is 48.5 Å². The average Bonchev–Trinajstić information content (AvgIpc) is 2.59. The standard InChI is InChI=1S/C20H25NO3/c1-4-18(24-17-11-8-9-15(3)13-17)20(22)21-14-16-10-6-7-12-19(16)23-5-2/h6-13,18H,4-5,14H2,1-3H3,(H,21,22). The summed E-state index contributed by atoms with van der Waals surface area (Å²) < 4.78 is 11.4. The third-order valence-electron chi connectivity index (χ3n) is 3.66. The predicted molar refractivity (Wildman–Crippen MR) is 95.3 cm³/mol. The highest BCUT2D eigenvalue weighted by molar-refractivity contribution is 5.81. The van der Waals surface area contributed by atoms with Gasteiger partial charge >= 0.3 is 0 Å². The second-order valence-electron chi connectivity index (χ2n) is 5.59. The van der Waals surface area contributed by atoms with Gasteiger partial charge in [-0.05, 0) is 44.0 Å². The molecule has 24 heavy (non-hydrogen) atoms. The van der Waals surface area contributed by atoms with E-state index in [0.717, 1.165) is 16.9 Å². The molecular weight excluding hydrogens is 302 g/mol. The first kappa shape index (κ1) is 17.9. The van der Waals surface area contributed by atoms with Gasteiger partial charge in [0.1, 0.15) is 11.5 Å². The second kappa shape index (κ2) is 8.96. The number of para-hydroxylation sites is 1. The summed E-state index contributed by atoms with van der Waals surface area (Å²) in [6, 6.07) is 15.4. The molecule has 0 fully saturated rings. The van der Waals surface area contributed by atoms with E-state index < -0.39 is 6.10 Å². The molecule has 1 N–H and O–H groups in total. The van der Waals surface area contributed by atoms with Gasteiger partial charge in [-0.1, -0.05) is 37.3 Å². The van der Waals surface area contributed by atoms with Gasteiger partial charge in [0.15, 0.2) is 6.10 Å². The van der Waals surface area contributed by atoms with Crippen molar-refractivity contribution in [2.45, 2.75) is 39.8 Å². The van der Waals surface area contributed by atoms with E-state index in [4.69, 9.17) is 9.47 Å². The summed E-state index contributed by atoms with van der Waals surface area (Å²) in [4.78, 5) is 12.4. The number of ether oxygens (including phenoxy) is 2. The van der Waals surface area contributed by atoms with Crippen LogP contribution < -0.4 is 14.8 Å². The smallest absolute Gasteiger partial charge is 0.261 e. The van der Waals surface area contributed by atoms with Crippen LogP contribution in [0.3, 0.4) is 0 Å². The Bertz CT molecular complexity index is 669. The molecule has 0 aliphatic carbocycles. The number of hydrogen-bond acceptors (Lipinski definition) is 3. The van der Waals surface area contributed by atoms with E-state index in [-0.39, 0.29) is 5.91 Å². The minimum atomic E-state index is -0.508. The maximum Gasteiger partial charge on any atom is 0.261 e. The molecule has 0 aliphatic rings. The molecule has 0 bridgehead atoms. The summed E-state index contributed by atoms with van der Waals surface area (Å²) >= 11 is 0. The molecule has 0 saturated heterocycles. The van der Waals surface area contributed by atoms with Crippen molar-refractivity contribution in [3.8, 4) is 11.5 Å². The molecule has 1 amide bonds. The first-order valence-electron chi connectivity index (χ1n) is 8.35. The minimum absolute atomic E-state index is 0.120. The van der Waals surface area contributed by atoms with Gasteiger partial charge in [0.25, 0.3) is 5.91 Å². The Kier molecular flexibility index (Phi) is 6.67. The number of hydrogen-bond donors (Lipinski definition) is 1. The quantitative estimate of drug-likeness (QED) is 0.801. The molecule has 4 heteroatoms. The molecule has 1 unspecified atom stereocenters. The van der Waals surface area contributed by atoms with Crippen LogP contribution in [0, 0.1) is 6.92 Å². The van der Waals surface area contributed by atoms with E-state index in [1.54, 1.807) is 0 Å². The zero-order valence-corrected chi connectivity index (χ0v) is 14.5. The van der Waals surface area contributed by atoms with Crippen LogP contribution in [0.25, 0.3) is 0 Å². The second-order valence-corrected chi connectivity index (χ2v) is 5.59. The van der Waals surface area contributed by atoms with Crippen molar-refractivity contribution in [1.82, 2.24) is 5.32 Å². The van der Waals surface area contributed by atoms with Crippen molar-refractivity contribution < 1.29 is 14.3 Å². The summed E-state index contributed by atoms with van der Waals surface area (Å²) in [6.45, 7) is 6.90. The lowest BCUT2D eigenvalue weighted by Gasteiger charge is -2.18. The van der Waals surface area contributed by atoms with Crippen LogP contribution in [0.2, 0.25) is 0 Å². The zero-order chi connectivity index (χ0) is 17.4. The average molecular weight is 327 g/mol. The summed E-state index contributed by atoms with van der Waals surface area (Å²) in [5.41, 5.74) is 2.06. The number of carbonyl (C=O) groups is 1. The van der Waals surface area contributed by atoms with E-state index in [2.05, 4.69) is 5.32 Å². The fourth-order valence-electron chi connectivity index (χ4n) is 2.42. The molecule has 0 radical (unpaired) electrons. The molecule has 0 aromatic heterocycles. The largest absolute Gasteiger partial charge is 0.494 e. The van der Waals surface area contributed by atoms with Crippen molar-refractivity contribution in [2.24, 2.45) is 0 Å². The highest BCUT2D eigenvalue weighted by atomic mass is 16.5. The fraction of sp³-hybridized carbons (Fsp3) is 0.350. The molecule has 2 aromatic rings.